The van der Waals surface area contributed by atoms with Crippen molar-refractivity contribution < 1.29 is 8.78 Å². The van der Waals surface area contributed by atoms with E-state index in [9.17, 15) is 8.78 Å². The van der Waals surface area contributed by atoms with Gasteiger partial charge >= 0.3 is 0 Å². The van der Waals surface area contributed by atoms with Crippen LogP contribution in [0.25, 0.3) is 11.4 Å². The maximum atomic E-state index is 13.1. The molecule has 0 aliphatic carbocycles. The standard InChI is InChI=1S/C10H3Cl3F2N2/c11-5-3-4(1-2-6(5)14)10-16-8(12)7(15)9(13)17-10/h1-3H. The summed E-state index contributed by atoms with van der Waals surface area (Å²) in [4.78, 5) is 7.38. The lowest BCUT2D eigenvalue weighted by atomic mass is 10.2. The fourth-order valence-electron chi connectivity index (χ4n) is 1.16. The first-order valence-electron chi connectivity index (χ1n) is 4.33. The van der Waals surface area contributed by atoms with Gasteiger partial charge in [-0.15, -0.1) is 0 Å². The highest BCUT2D eigenvalue weighted by Crippen LogP contribution is 2.26. The number of benzene rings is 1. The molecule has 0 bridgehead atoms. The van der Waals surface area contributed by atoms with E-state index in [2.05, 4.69) is 9.97 Å². The lowest BCUT2D eigenvalue weighted by molar-refractivity contribution is 0.615. The van der Waals surface area contributed by atoms with E-state index in [1.165, 1.54) is 12.1 Å². The average molecular weight is 296 g/mol. The Bertz CT molecular complexity index is 567. The van der Waals surface area contributed by atoms with Crippen LogP contribution < -0.4 is 0 Å². The Balaban J connectivity index is 2.57. The first-order chi connectivity index (χ1) is 7.99. The van der Waals surface area contributed by atoms with E-state index in [4.69, 9.17) is 34.8 Å². The van der Waals surface area contributed by atoms with E-state index in [0.29, 0.717) is 5.56 Å². The van der Waals surface area contributed by atoms with Crippen molar-refractivity contribution >= 4 is 34.8 Å². The van der Waals surface area contributed by atoms with Gasteiger partial charge in [0.2, 0.25) is 0 Å². The molecule has 0 amide bonds. The van der Waals surface area contributed by atoms with Crippen molar-refractivity contribution in [2.75, 3.05) is 0 Å². The summed E-state index contributed by atoms with van der Waals surface area (Å²) in [5.41, 5.74) is 0.389. The second-order valence-electron chi connectivity index (χ2n) is 3.07. The highest BCUT2D eigenvalue weighted by Gasteiger charge is 2.13. The van der Waals surface area contributed by atoms with Crippen molar-refractivity contribution in [2.45, 2.75) is 0 Å². The summed E-state index contributed by atoms with van der Waals surface area (Å²) >= 11 is 16.6. The van der Waals surface area contributed by atoms with Crippen LogP contribution >= 0.6 is 34.8 Å². The number of hydrogen-bond donors (Lipinski definition) is 0. The molecular weight excluding hydrogens is 292 g/mol. The summed E-state index contributed by atoms with van der Waals surface area (Å²) < 4.78 is 26.0. The molecule has 17 heavy (non-hydrogen) atoms. The highest BCUT2D eigenvalue weighted by atomic mass is 35.5. The SMILES string of the molecule is Fc1ccc(-c2nc(Cl)c(F)c(Cl)n2)cc1Cl. The molecule has 0 N–H and O–H groups in total. The highest BCUT2D eigenvalue weighted by molar-refractivity contribution is 6.33. The van der Waals surface area contributed by atoms with Crippen LogP contribution in [0.5, 0.6) is 0 Å². The van der Waals surface area contributed by atoms with Crippen LogP contribution in [0, 0.1) is 11.6 Å². The zero-order valence-electron chi connectivity index (χ0n) is 8.02. The molecule has 0 atom stereocenters. The number of rotatable bonds is 1. The Labute approximate surface area is 110 Å². The lowest BCUT2D eigenvalue weighted by Gasteiger charge is -2.03. The quantitative estimate of drug-likeness (QED) is 0.730. The van der Waals surface area contributed by atoms with Crippen LogP contribution in [-0.4, -0.2) is 9.97 Å². The molecule has 7 heteroatoms. The van der Waals surface area contributed by atoms with Crippen molar-refractivity contribution in [3.8, 4) is 11.4 Å². The maximum absolute atomic E-state index is 13.1. The molecule has 1 aromatic carbocycles. The minimum atomic E-state index is -0.898. The molecule has 2 aromatic rings. The van der Waals surface area contributed by atoms with Crippen LogP contribution in [0.2, 0.25) is 15.3 Å². The van der Waals surface area contributed by atoms with Gasteiger partial charge in [0.1, 0.15) is 5.82 Å². The van der Waals surface area contributed by atoms with E-state index >= 15 is 0 Å². The molecule has 0 aliphatic rings. The molecule has 0 saturated carbocycles. The summed E-state index contributed by atoms with van der Waals surface area (Å²) in [6, 6.07) is 3.84. The average Bonchev–Trinajstić information content (AvgIpc) is 2.29. The molecule has 2 rings (SSSR count). The topological polar surface area (TPSA) is 25.8 Å². The van der Waals surface area contributed by atoms with E-state index in [1.807, 2.05) is 0 Å². The zero-order chi connectivity index (χ0) is 12.6. The van der Waals surface area contributed by atoms with Crippen LogP contribution in [0.4, 0.5) is 8.78 Å². The minimum Gasteiger partial charge on any atom is -0.213 e. The van der Waals surface area contributed by atoms with Crippen molar-refractivity contribution in [1.82, 2.24) is 9.97 Å². The fourth-order valence-corrected chi connectivity index (χ4v) is 1.73. The summed E-state index contributed by atoms with van der Waals surface area (Å²) in [5, 5.41) is -0.899. The van der Waals surface area contributed by atoms with Gasteiger partial charge in [0.05, 0.1) is 5.02 Å². The molecule has 0 unspecified atom stereocenters. The first-order valence-corrected chi connectivity index (χ1v) is 5.46. The van der Waals surface area contributed by atoms with Crippen LogP contribution in [0.1, 0.15) is 0 Å². The zero-order valence-corrected chi connectivity index (χ0v) is 10.3. The summed E-state index contributed by atoms with van der Waals surface area (Å²) in [6.07, 6.45) is 0. The second kappa shape index (κ2) is 4.72. The summed E-state index contributed by atoms with van der Waals surface area (Å²) in [6.45, 7) is 0. The molecule has 0 saturated heterocycles. The van der Waals surface area contributed by atoms with Gasteiger partial charge in [-0.05, 0) is 18.2 Å². The monoisotopic (exact) mass is 294 g/mol. The third-order valence-electron chi connectivity index (χ3n) is 1.95. The molecule has 1 heterocycles. The molecule has 2 nitrogen and oxygen atoms in total. The van der Waals surface area contributed by atoms with Gasteiger partial charge in [0, 0.05) is 5.56 Å². The van der Waals surface area contributed by atoms with Crippen molar-refractivity contribution in [3.63, 3.8) is 0 Å². The van der Waals surface area contributed by atoms with Crippen LogP contribution in [0.3, 0.4) is 0 Å². The Morgan fingerprint density at radius 3 is 2.06 bits per heavy atom. The summed E-state index contributed by atoms with van der Waals surface area (Å²) in [5.74, 6) is -1.40. The number of nitrogens with zero attached hydrogens (tertiary/aromatic N) is 2. The normalized spacial score (nSPS) is 10.6. The molecule has 0 fully saturated rings. The van der Waals surface area contributed by atoms with Gasteiger partial charge in [-0.25, -0.2) is 18.7 Å². The number of aromatic nitrogens is 2. The van der Waals surface area contributed by atoms with Gasteiger partial charge in [-0.3, -0.25) is 0 Å². The minimum absolute atomic E-state index is 0.0725. The summed E-state index contributed by atoms with van der Waals surface area (Å²) in [7, 11) is 0. The van der Waals surface area contributed by atoms with Gasteiger partial charge in [0.25, 0.3) is 0 Å². The Morgan fingerprint density at radius 2 is 1.53 bits per heavy atom. The van der Waals surface area contributed by atoms with Gasteiger partial charge in [-0.1, -0.05) is 34.8 Å². The Hall–Kier alpha value is -0.970. The van der Waals surface area contributed by atoms with Crippen LogP contribution in [0.15, 0.2) is 18.2 Å². The van der Waals surface area contributed by atoms with Crippen molar-refractivity contribution in [3.05, 3.63) is 45.2 Å². The van der Waals surface area contributed by atoms with Crippen molar-refractivity contribution in [2.24, 2.45) is 0 Å². The second-order valence-corrected chi connectivity index (χ2v) is 4.19. The molecule has 1 aromatic heterocycles. The Kier molecular flexibility index (Phi) is 3.47. The molecule has 0 aliphatic heterocycles. The number of hydrogen-bond acceptors (Lipinski definition) is 2. The third kappa shape index (κ3) is 2.49. The lowest BCUT2D eigenvalue weighted by Crippen LogP contribution is -1.95. The predicted molar refractivity (Wildman–Crippen MR) is 62.4 cm³/mol. The van der Waals surface area contributed by atoms with E-state index in [1.54, 1.807) is 0 Å². The molecule has 0 radical (unpaired) electrons. The predicted octanol–water partition coefficient (Wildman–Crippen LogP) is 4.38. The van der Waals surface area contributed by atoms with Gasteiger partial charge < -0.3 is 0 Å². The molecule has 0 spiro atoms. The van der Waals surface area contributed by atoms with Gasteiger partial charge in [-0.2, -0.15) is 0 Å². The molecule has 88 valence electrons. The third-order valence-corrected chi connectivity index (χ3v) is 2.74. The Morgan fingerprint density at radius 1 is 0.941 bits per heavy atom. The fraction of sp³-hybridized carbons (Fsp3) is 0. The van der Waals surface area contributed by atoms with E-state index in [-0.39, 0.29) is 10.8 Å². The van der Waals surface area contributed by atoms with Gasteiger partial charge in [0.15, 0.2) is 21.9 Å². The maximum Gasteiger partial charge on any atom is 0.197 e. The number of halogens is 5. The van der Waals surface area contributed by atoms with E-state index < -0.39 is 21.9 Å². The molecular formula is C10H3Cl3F2N2. The smallest absolute Gasteiger partial charge is 0.197 e. The van der Waals surface area contributed by atoms with Crippen LogP contribution in [-0.2, 0) is 0 Å². The first kappa shape index (κ1) is 12.5. The van der Waals surface area contributed by atoms with Crippen molar-refractivity contribution in [1.29, 1.82) is 0 Å². The van der Waals surface area contributed by atoms with E-state index in [0.717, 1.165) is 6.07 Å². The largest absolute Gasteiger partial charge is 0.213 e.